The highest BCUT2D eigenvalue weighted by molar-refractivity contribution is 5.17. The van der Waals surface area contributed by atoms with Gasteiger partial charge in [0, 0.05) is 0 Å². The Labute approximate surface area is 165 Å². The summed E-state index contributed by atoms with van der Waals surface area (Å²) >= 11 is 0. The predicted octanol–water partition coefficient (Wildman–Crippen LogP) is 9.04. The molecule has 0 heterocycles. The van der Waals surface area contributed by atoms with E-state index in [1.165, 1.54) is 75.4 Å². The largest absolute Gasteiger partial charge is 0.0884 e. The summed E-state index contributed by atoms with van der Waals surface area (Å²) < 4.78 is 0. The number of allylic oxidation sites excluding steroid dienone is 6. The zero-order chi connectivity index (χ0) is 19.4. The lowest BCUT2D eigenvalue weighted by molar-refractivity contribution is 0.286. The SMILES string of the molecule is CC=C(C)CC=C(CC(C)=CC)CC1CCCCC(CCC(C)C)CC1. The molecule has 0 nitrogen and oxygen atoms in total. The maximum Gasteiger partial charge on any atom is -0.0111 e. The van der Waals surface area contributed by atoms with E-state index in [-0.39, 0.29) is 0 Å². The Hall–Kier alpha value is -0.780. The highest BCUT2D eigenvalue weighted by Crippen LogP contribution is 2.34. The summed E-state index contributed by atoms with van der Waals surface area (Å²) in [7, 11) is 0. The van der Waals surface area contributed by atoms with Crippen LogP contribution in [-0.2, 0) is 0 Å². The Morgan fingerprint density at radius 1 is 0.885 bits per heavy atom. The molecular weight excluding hydrogens is 312 g/mol. The molecule has 0 aromatic heterocycles. The van der Waals surface area contributed by atoms with Crippen molar-refractivity contribution in [3.8, 4) is 0 Å². The first-order chi connectivity index (χ1) is 12.4. The maximum absolute atomic E-state index is 2.54. The Morgan fingerprint density at radius 2 is 1.50 bits per heavy atom. The third-order valence-electron chi connectivity index (χ3n) is 6.37. The van der Waals surface area contributed by atoms with Crippen molar-refractivity contribution in [2.45, 2.75) is 112 Å². The van der Waals surface area contributed by atoms with E-state index in [2.05, 4.69) is 59.8 Å². The number of hydrogen-bond donors (Lipinski definition) is 0. The Morgan fingerprint density at radius 3 is 2.12 bits per heavy atom. The second-order valence-electron chi connectivity index (χ2n) is 9.28. The molecule has 0 bridgehead atoms. The van der Waals surface area contributed by atoms with Gasteiger partial charge in [0.05, 0.1) is 0 Å². The van der Waals surface area contributed by atoms with E-state index in [1.807, 2.05) is 0 Å². The molecule has 26 heavy (non-hydrogen) atoms. The van der Waals surface area contributed by atoms with E-state index in [1.54, 1.807) is 5.57 Å². The Bertz CT molecular complexity index is 460. The summed E-state index contributed by atoms with van der Waals surface area (Å²) in [5.41, 5.74) is 4.70. The molecule has 2 unspecified atom stereocenters. The van der Waals surface area contributed by atoms with Gasteiger partial charge in [0.1, 0.15) is 0 Å². The van der Waals surface area contributed by atoms with Crippen molar-refractivity contribution in [2.75, 3.05) is 0 Å². The Balaban J connectivity index is 2.66. The van der Waals surface area contributed by atoms with Gasteiger partial charge in [-0.3, -0.25) is 0 Å². The van der Waals surface area contributed by atoms with Gasteiger partial charge < -0.3 is 0 Å². The van der Waals surface area contributed by atoms with Gasteiger partial charge in [-0.2, -0.15) is 0 Å². The maximum atomic E-state index is 2.54. The van der Waals surface area contributed by atoms with Crippen LogP contribution in [0.3, 0.4) is 0 Å². The second kappa shape index (κ2) is 13.4. The van der Waals surface area contributed by atoms with Gasteiger partial charge in [0.25, 0.3) is 0 Å². The first kappa shape index (κ1) is 23.3. The van der Waals surface area contributed by atoms with Crippen LogP contribution in [0, 0.1) is 17.8 Å². The van der Waals surface area contributed by atoms with Crippen LogP contribution in [0.2, 0.25) is 0 Å². The summed E-state index contributed by atoms with van der Waals surface area (Å²) in [6.45, 7) is 13.6. The Kier molecular flexibility index (Phi) is 12.0. The van der Waals surface area contributed by atoms with Crippen LogP contribution in [0.4, 0.5) is 0 Å². The van der Waals surface area contributed by atoms with Gasteiger partial charge in [-0.05, 0) is 71.1 Å². The molecule has 1 fully saturated rings. The minimum absolute atomic E-state index is 0.865. The predicted molar refractivity (Wildman–Crippen MR) is 120 cm³/mol. The molecule has 2 atom stereocenters. The second-order valence-corrected chi connectivity index (χ2v) is 9.28. The van der Waals surface area contributed by atoms with Crippen LogP contribution in [0.1, 0.15) is 112 Å². The van der Waals surface area contributed by atoms with Crippen LogP contribution < -0.4 is 0 Å². The third kappa shape index (κ3) is 10.4. The smallest absolute Gasteiger partial charge is 0.0111 e. The van der Waals surface area contributed by atoms with Gasteiger partial charge in [-0.15, -0.1) is 0 Å². The van der Waals surface area contributed by atoms with Crippen molar-refractivity contribution in [2.24, 2.45) is 17.8 Å². The quantitative estimate of drug-likeness (QED) is 0.360. The molecule has 1 aliphatic carbocycles. The fourth-order valence-corrected chi connectivity index (χ4v) is 4.17. The minimum Gasteiger partial charge on any atom is -0.0884 e. The summed E-state index contributed by atoms with van der Waals surface area (Å²) in [5.74, 6) is 2.78. The molecule has 0 N–H and O–H groups in total. The van der Waals surface area contributed by atoms with Crippen molar-refractivity contribution in [3.63, 3.8) is 0 Å². The molecule has 1 saturated carbocycles. The van der Waals surface area contributed by atoms with Gasteiger partial charge in [0.2, 0.25) is 0 Å². The van der Waals surface area contributed by atoms with Crippen molar-refractivity contribution in [1.29, 1.82) is 0 Å². The van der Waals surface area contributed by atoms with Crippen molar-refractivity contribution >= 4 is 0 Å². The summed E-state index contributed by atoms with van der Waals surface area (Å²) in [6.07, 6.45) is 22.4. The minimum atomic E-state index is 0.865. The molecule has 0 aromatic carbocycles. The van der Waals surface area contributed by atoms with Crippen molar-refractivity contribution in [3.05, 3.63) is 34.9 Å². The molecule has 1 aliphatic rings. The summed E-state index contributed by atoms with van der Waals surface area (Å²) in [5, 5.41) is 0. The highest BCUT2D eigenvalue weighted by Gasteiger charge is 2.18. The average molecular weight is 359 g/mol. The highest BCUT2D eigenvalue weighted by atomic mass is 14.2. The molecule has 0 saturated heterocycles. The molecular formula is C26H46. The summed E-state index contributed by atoms with van der Waals surface area (Å²) in [6, 6.07) is 0. The molecule has 150 valence electrons. The first-order valence-corrected chi connectivity index (χ1v) is 11.4. The fraction of sp³-hybridized carbons (Fsp3) is 0.769. The zero-order valence-electron chi connectivity index (χ0n) is 18.7. The van der Waals surface area contributed by atoms with Crippen LogP contribution in [0.25, 0.3) is 0 Å². The van der Waals surface area contributed by atoms with E-state index in [0.29, 0.717) is 0 Å². The van der Waals surface area contributed by atoms with Crippen molar-refractivity contribution < 1.29 is 0 Å². The third-order valence-corrected chi connectivity index (χ3v) is 6.37. The fourth-order valence-electron chi connectivity index (χ4n) is 4.17. The van der Waals surface area contributed by atoms with E-state index in [9.17, 15) is 0 Å². The molecule has 1 rings (SSSR count). The standard InChI is InChI=1S/C26H46/c1-7-22(5)14-16-26(19-23(6)8-2)20-25-12-10-9-11-24(17-18-25)15-13-21(3)4/h7-8,16,21,24-25H,9-15,17-20H2,1-6H3. The summed E-state index contributed by atoms with van der Waals surface area (Å²) in [4.78, 5) is 0. The van der Waals surface area contributed by atoms with Crippen LogP contribution in [0.15, 0.2) is 34.9 Å². The van der Waals surface area contributed by atoms with Gasteiger partial charge in [-0.1, -0.05) is 93.7 Å². The molecule has 0 aliphatic heterocycles. The van der Waals surface area contributed by atoms with Gasteiger partial charge in [-0.25, -0.2) is 0 Å². The number of rotatable bonds is 9. The first-order valence-electron chi connectivity index (χ1n) is 11.4. The van der Waals surface area contributed by atoms with Crippen LogP contribution >= 0.6 is 0 Å². The molecule has 0 radical (unpaired) electrons. The van der Waals surface area contributed by atoms with E-state index in [0.717, 1.165) is 24.2 Å². The van der Waals surface area contributed by atoms with Crippen LogP contribution in [0.5, 0.6) is 0 Å². The molecule has 0 heteroatoms. The number of hydrogen-bond acceptors (Lipinski definition) is 0. The molecule has 0 amide bonds. The van der Waals surface area contributed by atoms with Crippen molar-refractivity contribution in [1.82, 2.24) is 0 Å². The lowest BCUT2D eigenvalue weighted by Crippen LogP contribution is -2.12. The average Bonchev–Trinajstić information content (AvgIpc) is 2.60. The van der Waals surface area contributed by atoms with Gasteiger partial charge in [0.15, 0.2) is 0 Å². The zero-order valence-corrected chi connectivity index (χ0v) is 18.7. The molecule has 0 aromatic rings. The monoisotopic (exact) mass is 358 g/mol. The van der Waals surface area contributed by atoms with E-state index < -0.39 is 0 Å². The normalized spacial score (nSPS) is 23.9. The van der Waals surface area contributed by atoms with E-state index >= 15 is 0 Å². The van der Waals surface area contributed by atoms with E-state index in [4.69, 9.17) is 0 Å². The molecule has 0 spiro atoms. The topological polar surface area (TPSA) is 0 Å². The van der Waals surface area contributed by atoms with Crippen LogP contribution in [-0.4, -0.2) is 0 Å². The lowest BCUT2D eigenvalue weighted by Gasteiger charge is -2.26. The van der Waals surface area contributed by atoms with Gasteiger partial charge >= 0.3 is 0 Å². The lowest BCUT2D eigenvalue weighted by atomic mass is 9.79.